The molecule has 0 saturated carbocycles. The van der Waals surface area contributed by atoms with Crippen molar-refractivity contribution in [2.24, 2.45) is 0 Å². The number of nitrogens with zero attached hydrogens (tertiary/aromatic N) is 1. The van der Waals surface area contributed by atoms with E-state index in [1.165, 1.54) is 6.20 Å². The number of aromatic nitrogens is 2. The lowest BCUT2D eigenvalue weighted by molar-refractivity contribution is -0.137. The van der Waals surface area contributed by atoms with Crippen molar-refractivity contribution in [1.82, 2.24) is 9.97 Å². The molecule has 0 unspecified atom stereocenters. The summed E-state index contributed by atoms with van der Waals surface area (Å²) in [6, 6.07) is 1.83. The number of aromatic amines is 1. The minimum Gasteiger partial charge on any atom is -0.460 e. The molecule has 2 aromatic heterocycles. The van der Waals surface area contributed by atoms with E-state index < -0.39 is 11.8 Å². The van der Waals surface area contributed by atoms with E-state index in [0.717, 1.165) is 11.1 Å². The van der Waals surface area contributed by atoms with Gasteiger partial charge in [0.25, 0.3) is 5.78 Å². The maximum atomic E-state index is 11.8. The van der Waals surface area contributed by atoms with Crippen molar-refractivity contribution in [3.63, 3.8) is 0 Å². The van der Waals surface area contributed by atoms with E-state index in [4.69, 9.17) is 0 Å². The number of fused-ring (bicyclic) bond motifs is 1. The normalized spacial score (nSPS) is 10.5. The first-order chi connectivity index (χ1) is 8.15. The van der Waals surface area contributed by atoms with Gasteiger partial charge in [0.05, 0.1) is 23.2 Å². The second kappa shape index (κ2) is 4.37. The number of ketones is 1. The van der Waals surface area contributed by atoms with E-state index >= 15 is 0 Å². The zero-order valence-corrected chi connectivity index (χ0v) is 9.61. The summed E-state index contributed by atoms with van der Waals surface area (Å²) in [4.78, 5) is 30.2. The Hall–Kier alpha value is -2.17. The van der Waals surface area contributed by atoms with Crippen LogP contribution in [0.4, 0.5) is 0 Å². The lowest BCUT2D eigenvalue weighted by Crippen LogP contribution is -2.17. The molecule has 0 aliphatic heterocycles. The van der Waals surface area contributed by atoms with Crippen molar-refractivity contribution >= 4 is 22.8 Å². The number of rotatable bonds is 3. The van der Waals surface area contributed by atoms with Gasteiger partial charge < -0.3 is 9.72 Å². The molecule has 0 atom stereocenters. The molecule has 2 aromatic rings. The standard InChI is InChI=1S/C12H12N2O3/c1-3-17-12(16)11(15)8-6-14-9-7(2)4-5-13-10(8)9/h4-6,14H,3H2,1-2H3. The summed E-state index contributed by atoms with van der Waals surface area (Å²) in [6.45, 7) is 3.74. The van der Waals surface area contributed by atoms with Crippen molar-refractivity contribution in [3.8, 4) is 0 Å². The Kier molecular flexibility index (Phi) is 2.91. The van der Waals surface area contributed by atoms with Crippen molar-refractivity contribution in [2.75, 3.05) is 6.61 Å². The van der Waals surface area contributed by atoms with Crippen LogP contribution in [-0.4, -0.2) is 28.3 Å². The molecule has 0 aromatic carbocycles. The van der Waals surface area contributed by atoms with Crippen molar-refractivity contribution in [1.29, 1.82) is 0 Å². The predicted molar refractivity (Wildman–Crippen MR) is 61.8 cm³/mol. The molecule has 5 heteroatoms. The zero-order valence-electron chi connectivity index (χ0n) is 9.61. The Morgan fingerprint density at radius 2 is 2.24 bits per heavy atom. The fourth-order valence-corrected chi connectivity index (χ4v) is 1.64. The molecule has 88 valence electrons. The average molecular weight is 232 g/mol. The van der Waals surface area contributed by atoms with E-state index in [1.807, 2.05) is 13.0 Å². The lowest BCUT2D eigenvalue weighted by atomic mass is 10.1. The highest BCUT2D eigenvalue weighted by atomic mass is 16.5. The molecule has 0 saturated heterocycles. The van der Waals surface area contributed by atoms with Crippen molar-refractivity contribution in [3.05, 3.63) is 29.6 Å². The number of carbonyl (C=O) groups excluding carboxylic acids is 2. The molecular formula is C12H12N2O3. The van der Waals surface area contributed by atoms with Crippen LogP contribution in [-0.2, 0) is 9.53 Å². The van der Waals surface area contributed by atoms with Gasteiger partial charge in [0.2, 0.25) is 0 Å². The maximum Gasteiger partial charge on any atom is 0.379 e. The SMILES string of the molecule is CCOC(=O)C(=O)c1c[nH]c2c(C)ccnc12. The minimum atomic E-state index is -0.850. The Morgan fingerprint density at radius 1 is 1.47 bits per heavy atom. The van der Waals surface area contributed by atoms with Gasteiger partial charge in [-0.1, -0.05) is 0 Å². The Morgan fingerprint density at radius 3 is 2.94 bits per heavy atom. The molecule has 0 aliphatic rings. The molecule has 0 bridgehead atoms. The fourth-order valence-electron chi connectivity index (χ4n) is 1.64. The molecule has 0 amide bonds. The second-order valence-corrected chi connectivity index (χ2v) is 3.60. The monoisotopic (exact) mass is 232 g/mol. The molecule has 17 heavy (non-hydrogen) atoms. The molecule has 0 fully saturated rings. The van der Waals surface area contributed by atoms with Gasteiger partial charge in [-0.05, 0) is 25.5 Å². The number of aryl methyl sites for hydroxylation is 1. The van der Waals surface area contributed by atoms with Crippen LogP contribution < -0.4 is 0 Å². The van der Waals surface area contributed by atoms with E-state index in [-0.39, 0.29) is 12.2 Å². The number of pyridine rings is 1. The summed E-state index contributed by atoms with van der Waals surface area (Å²) in [6.07, 6.45) is 3.09. The molecule has 2 rings (SSSR count). The van der Waals surface area contributed by atoms with Gasteiger partial charge in [-0.3, -0.25) is 9.78 Å². The topological polar surface area (TPSA) is 72.1 Å². The van der Waals surface area contributed by atoms with Crippen LogP contribution in [0.15, 0.2) is 18.5 Å². The highest BCUT2D eigenvalue weighted by Crippen LogP contribution is 2.19. The third-order valence-corrected chi connectivity index (χ3v) is 2.48. The van der Waals surface area contributed by atoms with Gasteiger partial charge in [-0.15, -0.1) is 0 Å². The first kappa shape index (κ1) is 11.3. The molecule has 1 N–H and O–H groups in total. The molecule has 5 nitrogen and oxygen atoms in total. The van der Waals surface area contributed by atoms with Crippen molar-refractivity contribution in [2.45, 2.75) is 13.8 Å². The Bertz CT molecular complexity index is 586. The zero-order chi connectivity index (χ0) is 12.4. The van der Waals surface area contributed by atoms with Crippen LogP contribution in [0.5, 0.6) is 0 Å². The van der Waals surface area contributed by atoms with E-state index in [1.54, 1.807) is 13.1 Å². The first-order valence-corrected chi connectivity index (χ1v) is 5.29. The van der Waals surface area contributed by atoms with Gasteiger partial charge >= 0.3 is 5.97 Å². The van der Waals surface area contributed by atoms with Gasteiger partial charge in [0.1, 0.15) is 0 Å². The highest BCUT2D eigenvalue weighted by molar-refractivity contribution is 6.42. The molecule has 0 spiro atoms. The average Bonchev–Trinajstić information content (AvgIpc) is 2.73. The van der Waals surface area contributed by atoms with E-state index in [0.29, 0.717) is 5.52 Å². The molecule has 2 heterocycles. The number of hydrogen-bond acceptors (Lipinski definition) is 4. The largest absolute Gasteiger partial charge is 0.460 e. The Labute approximate surface area is 97.8 Å². The van der Waals surface area contributed by atoms with Crippen molar-refractivity contribution < 1.29 is 14.3 Å². The van der Waals surface area contributed by atoms with Crippen LogP contribution in [0.1, 0.15) is 22.8 Å². The number of hydrogen-bond donors (Lipinski definition) is 1. The number of Topliss-reactive ketones (excluding diaryl/α,β-unsaturated/α-hetero) is 1. The van der Waals surface area contributed by atoms with Crippen LogP contribution in [0, 0.1) is 6.92 Å². The summed E-state index contributed by atoms with van der Waals surface area (Å²) in [5.74, 6) is -1.52. The third kappa shape index (κ3) is 1.91. The first-order valence-electron chi connectivity index (χ1n) is 5.29. The summed E-state index contributed by atoms with van der Waals surface area (Å²) in [5, 5.41) is 0. The number of carbonyl (C=O) groups is 2. The quantitative estimate of drug-likeness (QED) is 0.496. The predicted octanol–water partition coefficient (Wildman–Crippen LogP) is 1.62. The highest BCUT2D eigenvalue weighted by Gasteiger charge is 2.22. The summed E-state index contributed by atoms with van der Waals surface area (Å²) in [5.41, 5.74) is 2.49. The maximum absolute atomic E-state index is 11.8. The minimum absolute atomic E-state index is 0.180. The molecule has 0 radical (unpaired) electrons. The van der Waals surface area contributed by atoms with Gasteiger partial charge in [-0.2, -0.15) is 0 Å². The number of esters is 1. The number of H-pyrrole nitrogens is 1. The number of ether oxygens (including phenoxy) is 1. The van der Waals surface area contributed by atoms with E-state index in [2.05, 4.69) is 14.7 Å². The molecular weight excluding hydrogens is 220 g/mol. The van der Waals surface area contributed by atoms with Crippen LogP contribution >= 0.6 is 0 Å². The molecule has 0 aliphatic carbocycles. The summed E-state index contributed by atoms with van der Waals surface area (Å²) >= 11 is 0. The third-order valence-electron chi connectivity index (χ3n) is 2.48. The summed E-state index contributed by atoms with van der Waals surface area (Å²) in [7, 11) is 0. The van der Waals surface area contributed by atoms with E-state index in [9.17, 15) is 9.59 Å². The van der Waals surface area contributed by atoms with Crippen LogP contribution in [0.25, 0.3) is 11.0 Å². The summed E-state index contributed by atoms with van der Waals surface area (Å²) < 4.78 is 4.68. The van der Waals surface area contributed by atoms with Gasteiger partial charge in [0.15, 0.2) is 0 Å². The lowest BCUT2D eigenvalue weighted by Gasteiger charge is -1.99. The second-order valence-electron chi connectivity index (χ2n) is 3.60. The number of nitrogens with one attached hydrogen (secondary N) is 1. The van der Waals surface area contributed by atoms with Gasteiger partial charge in [0, 0.05) is 12.4 Å². The van der Waals surface area contributed by atoms with Crippen LogP contribution in [0.2, 0.25) is 0 Å². The Balaban J connectivity index is 2.46. The smallest absolute Gasteiger partial charge is 0.379 e. The van der Waals surface area contributed by atoms with Crippen LogP contribution in [0.3, 0.4) is 0 Å². The van der Waals surface area contributed by atoms with Gasteiger partial charge in [-0.25, -0.2) is 4.79 Å². The fraction of sp³-hybridized carbons (Fsp3) is 0.250.